The quantitative estimate of drug-likeness (QED) is 0.636. The molecular weight excluding hydrogens is 374 g/mol. The summed E-state index contributed by atoms with van der Waals surface area (Å²) in [5.41, 5.74) is 4.63. The highest BCUT2D eigenvalue weighted by Gasteiger charge is 2.25. The summed E-state index contributed by atoms with van der Waals surface area (Å²) < 4.78 is 5.18. The Hall–Kier alpha value is -3.57. The fraction of sp³-hybridized carbons (Fsp3) is 0.100. The molecule has 0 saturated carbocycles. The number of carbonyl (C=O) groups is 1. The monoisotopic (exact) mass is 391 g/mol. The second kappa shape index (κ2) is 7.58. The molecule has 2 heterocycles. The van der Waals surface area contributed by atoms with Crippen LogP contribution in [0.2, 0.25) is 0 Å². The second-order valence-corrected chi connectivity index (χ2v) is 8.09. The number of amides is 2. The molecule has 0 fully saturated rings. The first-order valence-electron chi connectivity index (χ1n) is 8.55. The number of nitrogens with zero attached hydrogens (tertiary/aromatic N) is 4. The molecule has 2 amide bonds. The number of nitrogens with one attached hydrogen (secondary N) is 1. The number of thiol groups is 1. The maximum atomic E-state index is 13.1. The van der Waals surface area contributed by atoms with Crippen molar-refractivity contribution in [2.24, 2.45) is 4.99 Å². The van der Waals surface area contributed by atoms with Crippen molar-refractivity contribution in [2.75, 3.05) is 16.1 Å². The molecule has 0 bridgehead atoms. The highest BCUT2D eigenvalue weighted by Crippen LogP contribution is 2.46. The Morgan fingerprint density at radius 2 is 2.04 bits per heavy atom. The van der Waals surface area contributed by atoms with E-state index in [9.17, 15) is 4.79 Å². The van der Waals surface area contributed by atoms with Crippen molar-refractivity contribution in [3.8, 4) is 6.07 Å². The Morgan fingerprint density at radius 1 is 1.25 bits per heavy atom. The summed E-state index contributed by atoms with van der Waals surface area (Å²) in [5, 5.41) is 15.6. The molecular formula is C20H17N5O2S. The maximum absolute atomic E-state index is 13.1. The van der Waals surface area contributed by atoms with Crippen LogP contribution in [0, 0.1) is 18.3 Å². The average molecular weight is 391 g/mol. The number of aromatic nitrogens is 1. The molecule has 140 valence electrons. The minimum Gasteiger partial charge on any atom is -0.359 e. The zero-order valence-corrected chi connectivity index (χ0v) is 15.9. The third kappa shape index (κ3) is 3.48. The van der Waals surface area contributed by atoms with Crippen LogP contribution in [-0.4, -0.2) is 22.6 Å². The molecule has 1 aliphatic heterocycles. The van der Waals surface area contributed by atoms with Gasteiger partial charge in [0.2, 0.25) is 0 Å². The van der Waals surface area contributed by atoms with Crippen molar-refractivity contribution in [3.05, 3.63) is 66.1 Å². The van der Waals surface area contributed by atoms with Crippen LogP contribution >= 0.6 is 10.9 Å². The van der Waals surface area contributed by atoms with E-state index < -0.39 is 10.9 Å². The van der Waals surface area contributed by atoms with Gasteiger partial charge in [-0.2, -0.15) is 16.2 Å². The molecule has 1 aromatic heterocycles. The lowest BCUT2D eigenvalue weighted by Gasteiger charge is -2.26. The molecule has 0 radical (unpaired) electrons. The van der Waals surface area contributed by atoms with Gasteiger partial charge in [-0.3, -0.25) is 9.89 Å². The molecule has 3 aromatic rings. The van der Waals surface area contributed by atoms with Crippen LogP contribution in [0.4, 0.5) is 21.9 Å². The van der Waals surface area contributed by atoms with Gasteiger partial charge in [0.15, 0.2) is 5.76 Å². The van der Waals surface area contributed by atoms with Gasteiger partial charge in [0.05, 0.1) is 29.4 Å². The zero-order valence-electron chi connectivity index (χ0n) is 15.0. The summed E-state index contributed by atoms with van der Waals surface area (Å²) in [5.74, 6) is 1.02. The average Bonchev–Trinajstić information content (AvgIpc) is 3.32. The zero-order chi connectivity index (χ0) is 19.5. The van der Waals surface area contributed by atoms with Gasteiger partial charge in [-0.05, 0) is 43.3 Å². The van der Waals surface area contributed by atoms with E-state index in [0.29, 0.717) is 28.6 Å². The second-order valence-electron chi connectivity index (χ2n) is 6.16. The van der Waals surface area contributed by atoms with Crippen LogP contribution in [0.1, 0.15) is 11.3 Å². The van der Waals surface area contributed by atoms with Gasteiger partial charge in [-0.15, -0.1) is 0 Å². The van der Waals surface area contributed by atoms with E-state index in [-0.39, 0.29) is 6.03 Å². The van der Waals surface area contributed by atoms with E-state index >= 15 is 0 Å². The lowest BCUT2D eigenvalue weighted by molar-refractivity contribution is 0.257. The van der Waals surface area contributed by atoms with Gasteiger partial charge in [-0.25, -0.2) is 4.79 Å². The van der Waals surface area contributed by atoms with Crippen LogP contribution in [0.15, 0.2) is 69.1 Å². The van der Waals surface area contributed by atoms with E-state index in [2.05, 4.69) is 21.5 Å². The van der Waals surface area contributed by atoms with Crippen LogP contribution < -0.4 is 10.2 Å². The smallest absolute Gasteiger partial charge is 0.327 e. The number of carbonyl (C=O) groups excluding carboxylic acids is 1. The van der Waals surface area contributed by atoms with Crippen molar-refractivity contribution in [1.82, 2.24) is 5.16 Å². The van der Waals surface area contributed by atoms with Crippen molar-refractivity contribution in [3.63, 3.8) is 0 Å². The molecule has 1 unspecified atom stereocenters. The number of hydrogen-bond acceptors (Lipinski definition) is 5. The third-order valence-electron chi connectivity index (χ3n) is 4.35. The number of rotatable bonds is 4. The number of anilines is 2. The topological polar surface area (TPSA) is 94.5 Å². The maximum Gasteiger partial charge on any atom is 0.327 e. The van der Waals surface area contributed by atoms with Crippen LogP contribution in [0.3, 0.4) is 0 Å². The molecule has 4 rings (SSSR count). The number of para-hydroxylation sites is 1. The molecule has 28 heavy (non-hydrogen) atoms. The fourth-order valence-corrected chi connectivity index (χ4v) is 4.80. The Balaban J connectivity index is 1.59. The Kier molecular flexibility index (Phi) is 4.83. The molecule has 2 aromatic carbocycles. The lowest BCUT2D eigenvalue weighted by Crippen LogP contribution is -2.36. The van der Waals surface area contributed by atoms with Gasteiger partial charge < -0.3 is 9.84 Å². The minimum atomic E-state index is -0.771. The largest absolute Gasteiger partial charge is 0.359 e. The summed E-state index contributed by atoms with van der Waals surface area (Å²) in [7, 11) is -0.771. The summed E-state index contributed by atoms with van der Waals surface area (Å²) in [6.45, 7) is 1.77. The van der Waals surface area contributed by atoms with Crippen molar-refractivity contribution in [1.29, 1.82) is 5.26 Å². The number of aryl methyl sites for hydroxylation is 1. The molecule has 1 N–H and O–H groups in total. The van der Waals surface area contributed by atoms with E-state index in [1.54, 1.807) is 42.3 Å². The van der Waals surface area contributed by atoms with Gasteiger partial charge in [0.1, 0.15) is 5.69 Å². The van der Waals surface area contributed by atoms with Crippen molar-refractivity contribution >= 4 is 39.5 Å². The number of nitriles is 1. The number of benzene rings is 2. The standard InChI is InChI=1S/C20H17N5O2S/c1-14-18(11-23-27-14)25(13-28-12-22-17-4-2-3-5-19(17)28)20(26)24-16-8-6-15(10-21)7-9-16/h2-9,11-12,28H,13H2,1H3,(H,24,26). The molecule has 8 heteroatoms. The predicted molar refractivity (Wildman–Crippen MR) is 111 cm³/mol. The van der Waals surface area contributed by atoms with Crippen LogP contribution in [0.5, 0.6) is 0 Å². The van der Waals surface area contributed by atoms with Gasteiger partial charge in [-0.1, -0.05) is 17.3 Å². The molecule has 7 nitrogen and oxygen atoms in total. The van der Waals surface area contributed by atoms with Gasteiger partial charge >= 0.3 is 6.03 Å². The van der Waals surface area contributed by atoms with E-state index in [4.69, 9.17) is 9.78 Å². The normalized spacial score (nSPS) is 15.6. The Morgan fingerprint density at radius 3 is 2.75 bits per heavy atom. The Labute approximate surface area is 164 Å². The predicted octanol–water partition coefficient (Wildman–Crippen LogP) is 4.58. The fourth-order valence-electron chi connectivity index (χ4n) is 2.90. The summed E-state index contributed by atoms with van der Waals surface area (Å²) >= 11 is 0. The summed E-state index contributed by atoms with van der Waals surface area (Å²) in [6, 6.07) is 16.4. The van der Waals surface area contributed by atoms with E-state index in [1.165, 1.54) is 0 Å². The van der Waals surface area contributed by atoms with Crippen molar-refractivity contribution in [2.45, 2.75) is 11.8 Å². The minimum absolute atomic E-state index is 0.295. The van der Waals surface area contributed by atoms with E-state index in [0.717, 1.165) is 10.6 Å². The van der Waals surface area contributed by atoms with E-state index in [1.807, 2.05) is 29.8 Å². The van der Waals surface area contributed by atoms with Crippen LogP contribution in [-0.2, 0) is 0 Å². The first-order chi connectivity index (χ1) is 13.7. The number of fused-ring (bicyclic) bond motifs is 1. The number of aliphatic imine (C=N–C) groups is 1. The number of urea groups is 1. The molecule has 0 aliphatic carbocycles. The third-order valence-corrected chi connectivity index (χ3v) is 6.33. The number of hydrogen-bond donors (Lipinski definition) is 2. The van der Waals surface area contributed by atoms with Gasteiger partial charge in [0, 0.05) is 16.1 Å². The summed E-state index contributed by atoms with van der Waals surface area (Å²) in [4.78, 5) is 20.3. The molecule has 1 atom stereocenters. The van der Waals surface area contributed by atoms with Crippen molar-refractivity contribution < 1.29 is 9.32 Å². The summed E-state index contributed by atoms with van der Waals surface area (Å²) in [6.07, 6.45) is 1.54. The lowest BCUT2D eigenvalue weighted by atomic mass is 10.2. The first-order valence-corrected chi connectivity index (χ1v) is 10.1. The SMILES string of the molecule is Cc1oncc1N(C[SH]1C=Nc2ccccc21)C(=O)Nc1ccc(C#N)cc1. The van der Waals surface area contributed by atoms with Crippen LogP contribution in [0.25, 0.3) is 0 Å². The highest BCUT2D eigenvalue weighted by molar-refractivity contribution is 8.28. The Bertz CT molecular complexity index is 1080. The highest BCUT2D eigenvalue weighted by atomic mass is 32.2. The first kappa shape index (κ1) is 17.8. The molecule has 0 spiro atoms. The molecule has 0 saturated heterocycles. The molecule has 1 aliphatic rings. The van der Waals surface area contributed by atoms with Gasteiger partial charge in [0.25, 0.3) is 0 Å².